The van der Waals surface area contributed by atoms with Crippen molar-refractivity contribution in [2.45, 2.75) is 26.2 Å². The minimum Gasteiger partial charge on any atom is -0.334 e. The molecule has 1 aromatic carbocycles. The summed E-state index contributed by atoms with van der Waals surface area (Å²) >= 11 is 0. The minimum atomic E-state index is -0.447. The first-order valence-electron chi connectivity index (χ1n) is 5.78. The highest BCUT2D eigenvalue weighted by Crippen LogP contribution is 2.22. The number of unbranched alkanes of at least 4 members (excludes halogenated alkanes) is 1. The molecule has 94 valence electrons. The van der Waals surface area contributed by atoms with Crippen molar-refractivity contribution in [1.29, 1.82) is 0 Å². The van der Waals surface area contributed by atoms with Crippen LogP contribution in [0.25, 0.3) is 11.5 Å². The van der Waals surface area contributed by atoms with Crippen LogP contribution < -0.4 is 0 Å². The quantitative estimate of drug-likeness (QED) is 0.599. The average Bonchev–Trinajstić information content (AvgIpc) is 2.85. The van der Waals surface area contributed by atoms with Crippen LogP contribution in [-0.2, 0) is 6.42 Å². The molecule has 1 aromatic heterocycles. The van der Waals surface area contributed by atoms with E-state index in [-0.39, 0.29) is 5.69 Å². The number of aryl methyl sites for hydroxylation is 1. The highest BCUT2D eigenvalue weighted by atomic mass is 16.6. The minimum absolute atomic E-state index is 0.0146. The Balaban J connectivity index is 2.23. The van der Waals surface area contributed by atoms with E-state index in [0.29, 0.717) is 17.3 Å². The summed E-state index contributed by atoms with van der Waals surface area (Å²) in [5.41, 5.74) is 0.584. The molecular weight excluding hydrogens is 234 g/mol. The van der Waals surface area contributed by atoms with E-state index in [4.69, 9.17) is 4.52 Å². The van der Waals surface area contributed by atoms with Gasteiger partial charge in [-0.3, -0.25) is 10.1 Å². The summed E-state index contributed by atoms with van der Waals surface area (Å²) in [7, 11) is 0. The standard InChI is InChI=1S/C12H13N3O3/c1-2-3-7-11-13-12(18-14-11)9-5-4-6-10(8-9)15(16)17/h4-6,8H,2-3,7H2,1H3. The van der Waals surface area contributed by atoms with Gasteiger partial charge in [-0.2, -0.15) is 4.98 Å². The summed E-state index contributed by atoms with van der Waals surface area (Å²) < 4.78 is 5.10. The van der Waals surface area contributed by atoms with Gasteiger partial charge in [-0.15, -0.1) is 0 Å². The molecule has 0 N–H and O–H groups in total. The molecule has 0 atom stereocenters. The van der Waals surface area contributed by atoms with Gasteiger partial charge in [-0.25, -0.2) is 0 Å². The molecule has 0 fully saturated rings. The van der Waals surface area contributed by atoms with Crippen molar-refractivity contribution in [1.82, 2.24) is 10.1 Å². The zero-order chi connectivity index (χ0) is 13.0. The zero-order valence-corrected chi connectivity index (χ0v) is 10.00. The summed E-state index contributed by atoms with van der Waals surface area (Å²) in [5, 5.41) is 14.5. The Labute approximate surface area is 104 Å². The SMILES string of the molecule is CCCCc1noc(-c2cccc([N+](=O)[O-])c2)n1. The molecule has 1 heterocycles. The van der Waals surface area contributed by atoms with E-state index in [2.05, 4.69) is 17.1 Å². The van der Waals surface area contributed by atoms with Crippen molar-refractivity contribution < 1.29 is 9.45 Å². The predicted molar refractivity (Wildman–Crippen MR) is 65.0 cm³/mol. The van der Waals surface area contributed by atoms with E-state index in [9.17, 15) is 10.1 Å². The molecule has 0 bridgehead atoms. The zero-order valence-electron chi connectivity index (χ0n) is 10.00. The Bertz CT molecular complexity index is 551. The predicted octanol–water partition coefficient (Wildman–Crippen LogP) is 2.99. The van der Waals surface area contributed by atoms with E-state index in [0.717, 1.165) is 19.3 Å². The van der Waals surface area contributed by atoms with Crippen molar-refractivity contribution in [3.05, 3.63) is 40.2 Å². The normalized spacial score (nSPS) is 10.5. The van der Waals surface area contributed by atoms with Gasteiger partial charge in [0.25, 0.3) is 11.6 Å². The van der Waals surface area contributed by atoms with Crippen LogP contribution in [0.1, 0.15) is 25.6 Å². The fraction of sp³-hybridized carbons (Fsp3) is 0.333. The van der Waals surface area contributed by atoms with Crippen LogP contribution in [0.5, 0.6) is 0 Å². The molecule has 0 aliphatic rings. The van der Waals surface area contributed by atoms with Gasteiger partial charge in [-0.05, 0) is 12.5 Å². The molecule has 0 unspecified atom stereocenters. The third-order valence-electron chi connectivity index (χ3n) is 2.53. The fourth-order valence-electron chi connectivity index (χ4n) is 1.56. The van der Waals surface area contributed by atoms with Gasteiger partial charge < -0.3 is 4.52 Å². The monoisotopic (exact) mass is 247 g/mol. The average molecular weight is 247 g/mol. The maximum absolute atomic E-state index is 10.7. The van der Waals surface area contributed by atoms with Gasteiger partial charge >= 0.3 is 0 Å². The molecule has 18 heavy (non-hydrogen) atoms. The topological polar surface area (TPSA) is 82.1 Å². The number of nitrogens with zero attached hydrogens (tertiary/aromatic N) is 3. The Morgan fingerprint density at radius 3 is 3.00 bits per heavy atom. The number of nitro groups is 1. The molecule has 0 spiro atoms. The summed E-state index contributed by atoms with van der Waals surface area (Å²) in [6, 6.07) is 6.17. The number of aromatic nitrogens is 2. The first kappa shape index (κ1) is 12.2. The lowest BCUT2D eigenvalue weighted by Crippen LogP contribution is -1.89. The second-order valence-electron chi connectivity index (χ2n) is 3.93. The van der Waals surface area contributed by atoms with Crippen molar-refractivity contribution >= 4 is 5.69 Å². The second-order valence-corrected chi connectivity index (χ2v) is 3.93. The highest BCUT2D eigenvalue weighted by molar-refractivity contribution is 5.57. The summed E-state index contributed by atoms with van der Waals surface area (Å²) in [5.74, 6) is 0.961. The maximum Gasteiger partial charge on any atom is 0.270 e. The lowest BCUT2D eigenvalue weighted by Gasteiger charge is -1.94. The van der Waals surface area contributed by atoms with Crippen molar-refractivity contribution in [2.75, 3.05) is 0 Å². The molecule has 0 aliphatic heterocycles. The summed E-state index contributed by atoms with van der Waals surface area (Å²) in [6.07, 6.45) is 2.81. The Hall–Kier alpha value is -2.24. The second kappa shape index (κ2) is 5.39. The highest BCUT2D eigenvalue weighted by Gasteiger charge is 2.12. The van der Waals surface area contributed by atoms with Gasteiger partial charge in [0.15, 0.2) is 5.82 Å². The molecule has 0 saturated carbocycles. The molecule has 2 rings (SSSR count). The number of hydrogen-bond acceptors (Lipinski definition) is 5. The summed E-state index contributed by atoms with van der Waals surface area (Å²) in [4.78, 5) is 14.4. The number of non-ortho nitro benzene ring substituents is 1. The first-order valence-corrected chi connectivity index (χ1v) is 5.78. The van der Waals surface area contributed by atoms with Gasteiger partial charge in [0.1, 0.15) is 0 Å². The van der Waals surface area contributed by atoms with Crippen molar-refractivity contribution in [2.24, 2.45) is 0 Å². The molecule has 6 nitrogen and oxygen atoms in total. The Morgan fingerprint density at radius 1 is 1.44 bits per heavy atom. The Morgan fingerprint density at radius 2 is 2.28 bits per heavy atom. The van der Waals surface area contributed by atoms with Gasteiger partial charge in [0.05, 0.1) is 4.92 Å². The molecule has 0 amide bonds. The molecule has 6 heteroatoms. The van der Waals surface area contributed by atoms with Gasteiger partial charge in [0.2, 0.25) is 0 Å². The number of benzene rings is 1. The van der Waals surface area contributed by atoms with Gasteiger partial charge in [-0.1, -0.05) is 24.6 Å². The smallest absolute Gasteiger partial charge is 0.270 e. The van der Waals surface area contributed by atoms with Crippen LogP contribution in [-0.4, -0.2) is 15.1 Å². The van der Waals surface area contributed by atoms with Crippen LogP contribution in [0.2, 0.25) is 0 Å². The van der Waals surface area contributed by atoms with Crippen molar-refractivity contribution in [3.63, 3.8) is 0 Å². The number of hydrogen-bond donors (Lipinski definition) is 0. The van der Waals surface area contributed by atoms with E-state index >= 15 is 0 Å². The molecular formula is C12H13N3O3. The van der Waals surface area contributed by atoms with Crippen LogP contribution in [0.15, 0.2) is 28.8 Å². The van der Waals surface area contributed by atoms with E-state index in [1.54, 1.807) is 12.1 Å². The van der Waals surface area contributed by atoms with E-state index in [1.165, 1.54) is 12.1 Å². The third kappa shape index (κ3) is 2.71. The fourth-order valence-corrected chi connectivity index (χ4v) is 1.56. The van der Waals surface area contributed by atoms with Crippen LogP contribution >= 0.6 is 0 Å². The van der Waals surface area contributed by atoms with E-state index in [1.807, 2.05) is 0 Å². The maximum atomic E-state index is 10.7. The Kier molecular flexibility index (Phi) is 3.66. The lowest BCUT2D eigenvalue weighted by atomic mass is 10.2. The number of rotatable bonds is 5. The van der Waals surface area contributed by atoms with Crippen LogP contribution in [0, 0.1) is 10.1 Å². The molecule has 0 radical (unpaired) electrons. The summed E-state index contributed by atoms with van der Waals surface area (Å²) in [6.45, 7) is 2.08. The van der Waals surface area contributed by atoms with E-state index < -0.39 is 4.92 Å². The first-order chi connectivity index (χ1) is 8.70. The number of nitro benzene ring substituents is 1. The largest absolute Gasteiger partial charge is 0.334 e. The molecule has 0 saturated heterocycles. The van der Waals surface area contributed by atoms with Crippen LogP contribution in [0.4, 0.5) is 5.69 Å². The van der Waals surface area contributed by atoms with Gasteiger partial charge in [0, 0.05) is 24.1 Å². The van der Waals surface area contributed by atoms with Crippen LogP contribution in [0.3, 0.4) is 0 Å². The third-order valence-corrected chi connectivity index (χ3v) is 2.53. The van der Waals surface area contributed by atoms with Crippen molar-refractivity contribution in [3.8, 4) is 11.5 Å². The molecule has 2 aromatic rings. The lowest BCUT2D eigenvalue weighted by molar-refractivity contribution is -0.384. The molecule has 0 aliphatic carbocycles.